The zero-order valence-corrected chi connectivity index (χ0v) is 8.05. The van der Waals surface area contributed by atoms with Crippen molar-refractivity contribution in [2.45, 2.75) is 21.9 Å². The molecule has 0 atom stereocenters. The van der Waals surface area contributed by atoms with E-state index in [0.29, 0.717) is 4.55 Å². The van der Waals surface area contributed by atoms with Crippen LogP contribution in [0.3, 0.4) is 0 Å². The van der Waals surface area contributed by atoms with Gasteiger partial charge in [0.2, 0.25) is 0 Å². The lowest BCUT2D eigenvalue weighted by Gasteiger charge is -2.35. The van der Waals surface area contributed by atoms with Crippen LogP contribution in [0.1, 0.15) is 13.8 Å². The van der Waals surface area contributed by atoms with Crippen LogP contribution in [0.2, 0.25) is 8.09 Å². The van der Waals surface area contributed by atoms with E-state index in [9.17, 15) is 14.4 Å². The number of hydrogen-bond acceptors (Lipinski definition) is 3. The van der Waals surface area contributed by atoms with Gasteiger partial charge >= 0.3 is 20.4 Å². The van der Waals surface area contributed by atoms with Gasteiger partial charge in [-0.05, 0) is 13.8 Å². The van der Waals surface area contributed by atoms with E-state index < -0.39 is 23.9 Å². The molecule has 0 aromatic carbocycles. The van der Waals surface area contributed by atoms with Gasteiger partial charge in [-0.3, -0.25) is 0 Å². The second kappa shape index (κ2) is 2.68. The molecule has 0 bridgehead atoms. The summed E-state index contributed by atoms with van der Waals surface area (Å²) in [5, 5.41) is 0. The number of ketones is 3. The fourth-order valence-corrected chi connectivity index (χ4v) is 3.13. The summed E-state index contributed by atoms with van der Waals surface area (Å²) in [6.45, 7) is 2.68. The van der Waals surface area contributed by atoms with Crippen molar-refractivity contribution >= 4 is 37.7 Å². The molecule has 0 saturated carbocycles. The van der Waals surface area contributed by atoms with Gasteiger partial charge < -0.3 is 14.4 Å². The molecule has 1 heterocycles. The van der Waals surface area contributed by atoms with Crippen molar-refractivity contribution in [3.8, 4) is 0 Å². The monoisotopic (exact) mass is 164 g/mol. The van der Waals surface area contributed by atoms with Crippen LogP contribution in [0.25, 0.3) is 0 Å². The van der Waals surface area contributed by atoms with Crippen LogP contribution in [0.15, 0.2) is 0 Å². The topological polar surface area (TPSA) is 51.2 Å². The first-order chi connectivity index (χ1) is 5.01. The lowest BCUT2D eigenvalue weighted by Crippen LogP contribution is -2.50. The van der Waals surface area contributed by atoms with Crippen LogP contribution in [-0.2, 0) is 14.4 Å². The molecule has 0 aromatic heterocycles. The van der Waals surface area contributed by atoms with E-state index >= 15 is 0 Å². The van der Waals surface area contributed by atoms with Gasteiger partial charge in [0.15, 0.2) is 0 Å². The van der Waals surface area contributed by atoms with Crippen LogP contribution in [-0.4, -0.2) is 37.7 Å². The molecule has 0 radical (unpaired) electrons. The Morgan fingerprint density at radius 3 is 1.82 bits per heavy atom. The summed E-state index contributed by atoms with van der Waals surface area (Å²) in [4.78, 5) is 33.0. The lowest BCUT2D eigenvalue weighted by molar-refractivity contribution is -0.137. The van der Waals surface area contributed by atoms with E-state index in [1.54, 1.807) is 0 Å². The fourth-order valence-electron chi connectivity index (χ4n) is 1.47. The van der Waals surface area contributed by atoms with Gasteiger partial charge in [-0.1, -0.05) is 4.55 Å². The Morgan fingerprint density at radius 1 is 1.36 bits per heavy atom. The largest absolute Gasteiger partial charge is 0.420 e. The maximum absolute atomic E-state index is 11.0. The molecule has 0 aromatic rings. The third-order valence-electron chi connectivity index (χ3n) is 2.41. The third kappa shape index (κ3) is 1.05. The van der Waals surface area contributed by atoms with Gasteiger partial charge in [0.25, 0.3) is 0 Å². The van der Waals surface area contributed by atoms with Crippen molar-refractivity contribution in [3.05, 3.63) is 0 Å². The molecule has 0 unspecified atom stereocenters. The molecule has 0 amide bonds. The van der Waals surface area contributed by atoms with Crippen LogP contribution in [0.4, 0.5) is 0 Å². The predicted octanol–water partition coefficient (Wildman–Crippen LogP) is 0.0283. The number of Topliss-reactive ketones (excluding diaryl/α,β-unsaturated/α-hetero) is 3. The Balaban J connectivity index is 2.99. The maximum atomic E-state index is 11.0. The summed E-state index contributed by atoms with van der Waals surface area (Å²) in [5.41, 5.74) is 0. The van der Waals surface area contributed by atoms with Gasteiger partial charge in [0, 0.05) is 3.54 Å². The number of carbonyl (C=O) groups is 3. The van der Waals surface area contributed by atoms with Crippen molar-refractivity contribution in [3.63, 3.8) is 0 Å². The molecule has 11 heavy (non-hydrogen) atoms. The first kappa shape index (κ1) is 8.87. The fraction of sp³-hybridized carbons (Fsp3) is 0.571. The van der Waals surface area contributed by atoms with Crippen LogP contribution in [0, 0.1) is 0 Å². The van der Waals surface area contributed by atoms with Gasteiger partial charge in [0.1, 0.15) is 17.3 Å². The highest BCUT2D eigenvalue weighted by molar-refractivity contribution is 6.75. The second-order valence-corrected chi connectivity index (χ2v) is 5.00. The zero-order chi connectivity index (χ0) is 8.65. The smallest absolute Gasteiger partial charge is 0.303 e. The average Bonchev–Trinajstić information content (AvgIpc) is 1.83. The number of hydrogen-bond donors (Lipinski definition) is 0. The molecule has 0 spiro atoms. The molecule has 0 N–H and O–H groups in total. The first-order valence-corrected chi connectivity index (χ1v) is 5.28. The molecule has 1 aliphatic rings. The summed E-state index contributed by atoms with van der Waals surface area (Å²) in [5.74, 6) is -0.634. The average molecular weight is 164 g/mol. The van der Waals surface area contributed by atoms with Gasteiger partial charge in [-0.15, -0.1) is 0 Å². The van der Waals surface area contributed by atoms with Crippen molar-refractivity contribution < 1.29 is 14.4 Å². The SMILES string of the molecule is CC(=O)[C]1(C(C)=O)[Mg][CH2]C1=O. The molecule has 1 aliphatic heterocycles. The Kier molecular flexibility index (Phi) is 2.16. The standard InChI is InChI=1S/C7H8O3.Mg/c1-4(8)7(5(2)9)6(3)10;/h1H2,2-3H3;. The molecule has 1 rings (SSSR count). The molecule has 0 aliphatic carbocycles. The minimum absolute atomic E-state index is 0.149. The van der Waals surface area contributed by atoms with Gasteiger partial charge in [-0.2, -0.15) is 0 Å². The molecular formula is C7H8MgO3. The van der Waals surface area contributed by atoms with Crippen LogP contribution >= 0.6 is 0 Å². The molecule has 56 valence electrons. The minimum Gasteiger partial charge on any atom is -0.303 e. The molecule has 3 nitrogen and oxygen atoms in total. The van der Waals surface area contributed by atoms with Gasteiger partial charge in [0.05, 0.1) is 0 Å². The predicted molar refractivity (Wildman–Crippen MR) is 39.6 cm³/mol. The van der Waals surface area contributed by atoms with E-state index in [0.717, 1.165) is 0 Å². The highest BCUT2D eigenvalue weighted by atomic mass is 24.5. The number of carbonyl (C=O) groups excluding carboxylic acids is 3. The summed E-state index contributed by atoms with van der Waals surface area (Å²) in [6, 6.07) is 0. The van der Waals surface area contributed by atoms with E-state index in [4.69, 9.17) is 0 Å². The van der Waals surface area contributed by atoms with Crippen molar-refractivity contribution in [1.29, 1.82) is 0 Å². The first-order valence-electron chi connectivity index (χ1n) is 3.57. The Bertz CT molecular complexity index is 216. The van der Waals surface area contributed by atoms with Gasteiger partial charge in [-0.25, -0.2) is 0 Å². The summed E-state index contributed by atoms with van der Waals surface area (Å²) in [7, 11) is 0. The highest BCUT2D eigenvalue weighted by Crippen LogP contribution is 2.39. The molecule has 1 fully saturated rings. The summed E-state index contributed by atoms with van der Waals surface area (Å²) in [6.07, 6.45) is 0. The van der Waals surface area contributed by atoms with Crippen LogP contribution < -0.4 is 0 Å². The van der Waals surface area contributed by atoms with Crippen molar-refractivity contribution in [2.75, 3.05) is 0 Å². The van der Waals surface area contributed by atoms with E-state index in [2.05, 4.69) is 0 Å². The molecular weight excluding hydrogens is 156 g/mol. The second-order valence-electron chi connectivity index (χ2n) is 2.94. The summed E-state index contributed by atoms with van der Waals surface area (Å²) >= 11 is -0.779. The van der Waals surface area contributed by atoms with Crippen molar-refractivity contribution in [1.82, 2.24) is 0 Å². The van der Waals surface area contributed by atoms with E-state index in [-0.39, 0.29) is 17.3 Å². The Labute approximate surface area is 74.2 Å². The van der Waals surface area contributed by atoms with Crippen molar-refractivity contribution in [2.24, 2.45) is 0 Å². The third-order valence-corrected chi connectivity index (χ3v) is 5.25. The lowest BCUT2D eigenvalue weighted by atomic mass is 9.92. The zero-order valence-electron chi connectivity index (χ0n) is 6.64. The Hall–Kier alpha value is -0.224. The van der Waals surface area contributed by atoms with E-state index in [1.165, 1.54) is 13.8 Å². The normalized spacial score (nSPS) is 19.3. The highest BCUT2D eigenvalue weighted by Gasteiger charge is 2.54. The van der Waals surface area contributed by atoms with E-state index in [1.807, 2.05) is 0 Å². The van der Waals surface area contributed by atoms with Crippen LogP contribution in [0.5, 0.6) is 0 Å². The molecule has 4 heteroatoms. The maximum Gasteiger partial charge on any atom is 0.420 e. The quantitative estimate of drug-likeness (QED) is 0.427. The summed E-state index contributed by atoms with van der Waals surface area (Å²) < 4.78 is -0.584. The Morgan fingerprint density at radius 2 is 1.82 bits per heavy atom. The minimum atomic E-state index is -1.10. The molecule has 1 saturated heterocycles. The number of rotatable bonds is 2.